The van der Waals surface area contributed by atoms with Crippen LogP contribution in [0.1, 0.15) is 41.1 Å². The molecule has 2 aromatic rings. The third-order valence-corrected chi connectivity index (χ3v) is 3.74. The van der Waals surface area contributed by atoms with Gasteiger partial charge in [0, 0.05) is 25.4 Å². The summed E-state index contributed by atoms with van der Waals surface area (Å²) in [7, 11) is 3.01. The van der Waals surface area contributed by atoms with Gasteiger partial charge in [-0.2, -0.15) is 5.10 Å². The number of hydrogen-bond donors (Lipinski definition) is 2. The summed E-state index contributed by atoms with van der Waals surface area (Å²) in [5, 5.41) is 9.75. The summed E-state index contributed by atoms with van der Waals surface area (Å²) in [4.78, 5) is 25.0. The fraction of sp³-hybridized carbons (Fsp3) is 0.389. The van der Waals surface area contributed by atoms with Crippen molar-refractivity contribution in [3.05, 3.63) is 35.7 Å². The molecular weight excluding hydrogens is 336 g/mol. The van der Waals surface area contributed by atoms with Crippen molar-refractivity contribution in [3.8, 4) is 11.5 Å². The van der Waals surface area contributed by atoms with Gasteiger partial charge in [0.1, 0.15) is 11.5 Å². The zero-order valence-electron chi connectivity index (χ0n) is 15.5. The Morgan fingerprint density at radius 3 is 2.54 bits per heavy atom. The second-order valence-electron chi connectivity index (χ2n) is 5.52. The summed E-state index contributed by atoms with van der Waals surface area (Å²) < 4.78 is 12.0. The second kappa shape index (κ2) is 8.89. The minimum absolute atomic E-state index is 0.182. The van der Waals surface area contributed by atoms with Gasteiger partial charge in [0.05, 0.1) is 25.5 Å². The van der Waals surface area contributed by atoms with E-state index in [4.69, 9.17) is 9.47 Å². The van der Waals surface area contributed by atoms with Gasteiger partial charge in [-0.05, 0) is 25.5 Å². The Bertz CT molecular complexity index is 785. The van der Waals surface area contributed by atoms with Crippen LogP contribution in [0.2, 0.25) is 0 Å². The smallest absolute Gasteiger partial charge is 0.273 e. The number of carbonyl (C=O) groups is 2. The van der Waals surface area contributed by atoms with Crippen molar-refractivity contribution >= 4 is 17.5 Å². The van der Waals surface area contributed by atoms with Crippen LogP contribution in [0.5, 0.6) is 11.5 Å². The van der Waals surface area contributed by atoms with E-state index in [1.165, 1.54) is 14.2 Å². The van der Waals surface area contributed by atoms with E-state index in [2.05, 4.69) is 15.7 Å². The van der Waals surface area contributed by atoms with Crippen molar-refractivity contribution < 1.29 is 19.1 Å². The van der Waals surface area contributed by atoms with E-state index in [1.54, 1.807) is 29.1 Å². The van der Waals surface area contributed by atoms with E-state index in [0.29, 0.717) is 35.8 Å². The minimum atomic E-state index is -0.398. The van der Waals surface area contributed by atoms with Gasteiger partial charge < -0.3 is 20.1 Å². The molecular formula is C18H24N4O4. The lowest BCUT2D eigenvalue weighted by molar-refractivity contribution is 0.0948. The monoisotopic (exact) mass is 360 g/mol. The number of ether oxygens (including phenoxy) is 2. The highest BCUT2D eigenvalue weighted by atomic mass is 16.5. The lowest BCUT2D eigenvalue weighted by atomic mass is 10.1. The molecule has 1 aromatic heterocycles. The molecule has 2 N–H and O–H groups in total. The molecule has 0 aliphatic heterocycles. The van der Waals surface area contributed by atoms with Gasteiger partial charge in [-0.25, -0.2) is 0 Å². The van der Waals surface area contributed by atoms with Crippen LogP contribution in [-0.2, 0) is 6.54 Å². The van der Waals surface area contributed by atoms with Crippen LogP contribution in [0.25, 0.3) is 0 Å². The first-order valence-electron chi connectivity index (χ1n) is 8.43. The molecule has 26 heavy (non-hydrogen) atoms. The number of aromatic nitrogens is 2. The molecule has 0 saturated heterocycles. The van der Waals surface area contributed by atoms with Gasteiger partial charge in [-0.1, -0.05) is 6.92 Å². The van der Waals surface area contributed by atoms with Crippen molar-refractivity contribution in [1.29, 1.82) is 0 Å². The van der Waals surface area contributed by atoms with E-state index in [-0.39, 0.29) is 11.6 Å². The molecule has 0 spiro atoms. The SMILES string of the molecule is CCCNC(=O)c1nn(CC)cc1NC(=O)c1ccc(OC)cc1OC. The molecule has 1 heterocycles. The molecule has 2 amide bonds. The predicted octanol–water partition coefficient (Wildman–Crippen LogP) is 2.31. The first-order chi connectivity index (χ1) is 12.5. The Labute approximate surface area is 152 Å². The maximum atomic E-state index is 12.7. The fourth-order valence-corrected chi connectivity index (χ4v) is 2.34. The first-order valence-corrected chi connectivity index (χ1v) is 8.43. The number of anilines is 1. The Hall–Kier alpha value is -3.03. The van der Waals surface area contributed by atoms with Gasteiger partial charge >= 0.3 is 0 Å². The van der Waals surface area contributed by atoms with Crippen molar-refractivity contribution in [1.82, 2.24) is 15.1 Å². The lowest BCUT2D eigenvalue weighted by Gasteiger charge is -2.10. The number of rotatable bonds is 8. The summed E-state index contributed by atoms with van der Waals surface area (Å²) in [5.41, 5.74) is 0.863. The Morgan fingerprint density at radius 2 is 1.92 bits per heavy atom. The number of amides is 2. The Morgan fingerprint density at radius 1 is 1.15 bits per heavy atom. The topological polar surface area (TPSA) is 94.5 Å². The van der Waals surface area contributed by atoms with Gasteiger partial charge in [0.15, 0.2) is 5.69 Å². The van der Waals surface area contributed by atoms with Gasteiger partial charge in [0.2, 0.25) is 0 Å². The number of aryl methyl sites for hydroxylation is 1. The number of nitrogens with zero attached hydrogens (tertiary/aromatic N) is 2. The van der Waals surface area contributed by atoms with Gasteiger partial charge in [0.25, 0.3) is 11.8 Å². The zero-order valence-corrected chi connectivity index (χ0v) is 15.5. The predicted molar refractivity (Wildman–Crippen MR) is 98.0 cm³/mol. The van der Waals surface area contributed by atoms with Crippen molar-refractivity contribution in [2.75, 3.05) is 26.1 Å². The summed E-state index contributed by atoms with van der Waals surface area (Å²) >= 11 is 0. The summed E-state index contributed by atoms with van der Waals surface area (Å²) in [5.74, 6) is 0.235. The maximum Gasteiger partial charge on any atom is 0.273 e. The third-order valence-electron chi connectivity index (χ3n) is 3.74. The van der Waals surface area contributed by atoms with Crippen LogP contribution in [0.15, 0.2) is 24.4 Å². The van der Waals surface area contributed by atoms with Crippen molar-refractivity contribution in [3.63, 3.8) is 0 Å². The molecule has 1 aromatic carbocycles. The average Bonchev–Trinajstić information content (AvgIpc) is 3.08. The molecule has 0 aliphatic carbocycles. The van der Waals surface area contributed by atoms with E-state index in [0.717, 1.165) is 6.42 Å². The van der Waals surface area contributed by atoms with Crippen LogP contribution in [0.3, 0.4) is 0 Å². The van der Waals surface area contributed by atoms with E-state index < -0.39 is 5.91 Å². The number of methoxy groups -OCH3 is 2. The van der Waals surface area contributed by atoms with Crippen LogP contribution < -0.4 is 20.1 Å². The Balaban J connectivity index is 2.28. The highest BCUT2D eigenvalue weighted by Crippen LogP contribution is 2.26. The van der Waals surface area contributed by atoms with Crippen LogP contribution >= 0.6 is 0 Å². The molecule has 0 fully saturated rings. The van der Waals surface area contributed by atoms with E-state index >= 15 is 0 Å². The normalized spacial score (nSPS) is 10.3. The highest BCUT2D eigenvalue weighted by molar-refractivity contribution is 6.09. The molecule has 0 aliphatic rings. The molecule has 140 valence electrons. The Kier molecular flexibility index (Phi) is 6.60. The summed E-state index contributed by atoms with van der Waals surface area (Å²) in [6, 6.07) is 4.90. The van der Waals surface area contributed by atoms with E-state index in [1.807, 2.05) is 13.8 Å². The van der Waals surface area contributed by atoms with Crippen LogP contribution in [0.4, 0.5) is 5.69 Å². The quantitative estimate of drug-likeness (QED) is 0.753. The summed E-state index contributed by atoms with van der Waals surface area (Å²) in [6.45, 7) is 4.98. The molecule has 0 radical (unpaired) electrons. The molecule has 8 nitrogen and oxygen atoms in total. The first kappa shape index (κ1) is 19.3. The summed E-state index contributed by atoms with van der Waals surface area (Å²) in [6.07, 6.45) is 2.44. The standard InChI is InChI=1S/C18H24N4O4/c1-5-9-19-18(24)16-14(11-22(6-2)21-16)20-17(23)13-8-7-12(25-3)10-15(13)26-4/h7-8,10-11H,5-6,9H2,1-4H3,(H,19,24)(H,20,23). The number of benzene rings is 1. The molecule has 0 bridgehead atoms. The van der Waals surface area contributed by atoms with Crippen molar-refractivity contribution in [2.24, 2.45) is 0 Å². The number of carbonyl (C=O) groups excluding carboxylic acids is 2. The van der Waals surface area contributed by atoms with E-state index in [9.17, 15) is 9.59 Å². The second-order valence-corrected chi connectivity index (χ2v) is 5.52. The van der Waals surface area contributed by atoms with Crippen LogP contribution in [-0.4, -0.2) is 42.4 Å². The molecule has 0 unspecified atom stereocenters. The molecule has 8 heteroatoms. The fourth-order valence-electron chi connectivity index (χ4n) is 2.34. The number of nitrogens with one attached hydrogen (secondary N) is 2. The molecule has 0 saturated carbocycles. The van der Waals surface area contributed by atoms with Crippen LogP contribution in [0, 0.1) is 0 Å². The highest BCUT2D eigenvalue weighted by Gasteiger charge is 2.20. The third kappa shape index (κ3) is 4.33. The lowest BCUT2D eigenvalue weighted by Crippen LogP contribution is -2.26. The maximum absolute atomic E-state index is 12.7. The number of hydrogen-bond acceptors (Lipinski definition) is 5. The van der Waals surface area contributed by atoms with Gasteiger partial charge in [-0.15, -0.1) is 0 Å². The van der Waals surface area contributed by atoms with Gasteiger partial charge in [-0.3, -0.25) is 14.3 Å². The largest absolute Gasteiger partial charge is 0.497 e. The average molecular weight is 360 g/mol. The minimum Gasteiger partial charge on any atom is -0.497 e. The molecule has 0 atom stereocenters. The molecule has 2 rings (SSSR count). The zero-order chi connectivity index (χ0) is 19.1. The van der Waals surface area contributed by atoms with Crippen molar-refractivity contribution in [2.45, 2.75) is 26.8 Å².